The summed E-state index contributed by atoms with van der Waals surface area (Å²) in [5.74, 6) is 2.94. The molecule has 0 aliphatic carbocycles. The molecule has 2 rings (SSSR count). The first-order valence-electron chi connectivity index (χ1n) is 9.81. The summed E-state index contributed by atoms with van der Waals surface area (Å²) in [6.07, 6.45) is 4.38. The van der Waals surface area contributed by atoms with Crippen molar-refractivity contribution in [3.05, 3.63) is 24.3 Å². The van der Waals surface area contributed by atoms with Gasteiger partial charge in [-0.25, -0.2) is 4.79 Å². The number of hydrogen-bond acceptors (Lipinski definition) is 7. The topological polar surface area (TPSA) is 141 Å². The lowest BCUT2D eigenvalue weighted by molar-refractivity contribution is -0.235. The lowest BCUT2D eigenvalue weighted by atomic mass is 10.0. The molecular formula is C20H29N2O7P. The van der Waals surface area contributed by atoms with Crippen LogP contribution in [0.4, 0.5) is 10.5 Å². The molecule has 0 radical (unpaired) electrons. The minimum absolute atomic E-state index is 0.155. The number of carbonyl (C=O) groups excluding carboxylic acids is 1. The van der Waals surface area contributed by atoms with Crippen molar-refractivity contribution in [2.75, 3.05) is 18.0 Å². The number of carbonyl (C=O) groups is 1. The Hall–Kier alpha value is -1.92. The number of aliphatic hydroxyl groups excluding tert-OH is 2. The number of aliphatic hydroxyl groups is 2. The number of hydrogen-bond donors (Lipinski definition) is 6. The van der Waals surface area contributed by atoms with E-state index in [0.717, 1.165) is 12.8 Å². The summed E-state index contributed by atoms with van der Waals surface area (Å²) in [7, 11) is -2.04. The van der Waals surface area contributed by atoms with Crippen LogP contribution in [0.2, 0.25) is 0 Å². The van der Waals surface area contributed by atoms with Crippen LogP contribution in [0.25, 0.3) is 0 Å². The first-order valence-corrected chi connectivity index (χ1v) is 11.2. The third-order valence-corrected chi connectivity index (χ3v) is 5.21. The van der Waals surface area contributed by atoms with Crippen molar-refractivity contribution < 1.29 is 34.3 Å². The molecule has 1 saturated heterocycles. The zero-order chi connectivity index (χ0) is 21.9. The van der Waals surface area contributed by atoms with Crippen LogP contribution in [0.1, 0.15) is 32.1 Å². The monoisotopic (exact) mass is 440 g/mol. The molecule has 1 heterocycles. The summed E-state index contributed by atoms with van der Waals surface area (Å²) in [5, 5.41) is 25.6. The highest BCUT2D eigenvalue weighted by Gasteiger charge is 2.38. The second kappa shape index (κ2) is 12.7. The number of amides is 2. The highest BCUT2D eigenvalue weighted by Crippen LogP contribution is 2.30. The smallest absolute Gasteiger partial charge is 0.319 e. The molecule has 4 unspecified atom stereocenters. The number of terminal acetylenes is 1. The summed E-state index contributed by atoms with van der Waals surface area (Å²) < 4.78 is 11.3. The Labute approximate surface area is 177 Å². The molecule has 166 valence electrons. The van der Waals surface area contributed by atoms with Crippen molar-refractivity contribution >= 4 is 20.1 Å². The molecule has 9 nitrogen and oxygen atoms in total. The molecule has 0 aromatic heterocycles. The van der Waals surface area contributed by atoms with Crippen molar-refractivity contribution in [1.29, 1.82) is 0 Å². The Morgan fingerprint density at radius 1 is 1.27 bits per heavy atom. The summed E-state index contributed by atoms with van der Waals surface area (Å²) in [6.45, 7) is 0.531. The Kier molecular flexibility index (Phi) is 10.3. The predicted molar refractivity (Wildman–Crippen MR) is 113 cm³/mol. The minimum Gasteiger partial charge on any atom is -0.462 e. The van der Waals surface area contributed by atoms with Crippen molar-refractivity contribution in [2.45, 2.75) is 56.7 Å². The average Bonchev–Trinajstić information content (AvgIpc) is 2.71. The van der Waals surface area contributed by atoms with Crippen LogP contribution in [0, 0.1) is 12.3 Å². The third kappa shape index (κ3) is 8.44. The van der Waals surface area contributed by atoms with Crippen LogP contribution in [0.15, 0.2) is 24.3 Å². The fourth-order valence-corrected chi connectivity index (χ4v) is 3.46. The maximum absolute atomic E-state index is 11.9. The normalized spacial score (nSPS) is 23.6. The molecule has 4 atom stereocenters. The molecule has 1 aliphatic heterocycles. The summed E-state index contributed by atoms with van der Waals surface area (Å²) >= 11 is 0. The molecule has 1 aliphatic rings. The highest BCUT2D eigenvalue weighted by molar-refractivity contribution is 7.45. The van der Waals surface area contributed by atoms with Crippen molar-refractivity contribution in [1.82, 2.24) is 5.32 Å². The highest BCUT2D eigenvalue weighted by atomic mass is 31.2. The number of ether oxygens (including phenoxy) is 2. The molecular weight excluding hydrogens is 411 g/mol. The fourth-order valence-electron chi connectivity index (χ4n) is 2.94. The Morgan fingerprint density at radius 3 is 2.67 bits per heavy atom. The molecule has 1 aromatic carbocycles. The quantitative estimate of drug-likeness (QED) is 0.184. The van der Waals surface area contributed by atoms with Gasteiger partial charge in [0.2, 0.25) is 6.29 Å². The van der Waals surface area contributed by atoms with E-state index in [1.54, 1.807) is 24.3 Å². The second-order valence-corrected chi connectivity index (χ2v) is 8.18. The summed E-state index contributed by atoms with van der Waals surface area (Å²) in [6, 6.07) is 6.17. The van der Waals surface area contributed by atoms with Gasteiger partial charge in [0.1, 0.15) is 11.9 Å². The van der Waals surface area contributed by atoms with E-state index in [1.165, 1.54) is 0 Å². The molecule has 0 bridgehead atoms. The lowest BCUT2D eigenvalue weighted by Gasteiger charge is -2.37. The van der Waals surface area contributed by atoms with Crippen LogP contribution < -0.4 is 15.4 Å². The van der Waals surface area contributed by atoms with Crippen molar-refractivity contribution in [3.8, 4) is 18.1 Å². The van der Waals surface area contributed by atoms with Gasteiger partial charge < -0.3 is 40.1 Å². The minimum atomic E-state index is -2.04. The lowest BCUT2D eigenvalue weighted by Crippen LogP contribution is -2.51. The predicted octanol–water partition coefficient (Wildman–Crippen LogP) is 1.51. The zero-order valence-electron chi connectivity index (χ0n) is 16.6. The molecule has 30 heavy (non-hydrogen) atoms. The van der Waals surface area contributed by atoms with Gasteiger partial charge in [-0.1, -0.05) is 0 Å². The van der Waals surface area contributed by atoms with Gasteiger partial charge in [0.05, 0.1) is 12.2 Å². The van der Waals surface area contributed by atoms with Crippen LogP contribution in [-0.2, 0) is 4.74 Å². The van der Waals surface area contributed by atoms with Gasteiger partial charge in [-0.3, -0.25) is 0 Å². The number of rotatable bonds is 10. The molecule has 6 N–H and O–H groups in total. The van der Waals surface area contributed by atoms with Crippen LogP contribution in [0.5, 0.6) is 5.75 Å². The van der Waals surface area contributed by atoms with E-state index in [9.17, 15) is 15.0 Å². The summed E-state index contributed by atoms with van der Waals surface area (Å²) in [4.78, 5) is 30.0. The van der Waals surface area contributed by atoms with E-state index < -0.39 is 33.0 Å². The number of nitrogens with one attached hydrogen (secondary N) is 2. The number of benzene rings is 1. The van der Waals surface area contributed by atoms with E-state index in [4.69, 9.17) is 25.7 Å². The molecule has 1 aromatic rings. The van der Waals surface area contributed by atoms with E-state index in [0.29, 0.717) is 30.8 Å². The van der Waals surface area contributed by atoms with Gasteiger partial charge in [-0.05, 0) is 43.5 Å². The molecule has 10 heteroatoms. The Morgan fingerprint density at radius 2 is 2.00 bits per heavy atom. The standard InChI is InChI=1S/C20H29N2O7P/c1-2-3-4-5-11-21-20(25)22-14-6-8-15(9-7-14)28-19-18(24)17(23)13-16(29-19)10-12-30(26)27/h1,6-9,16-19,23-24,26-27H,3-5,10-13H2,(H2,21,22,25). The van der Waals surface area contributed by atoms with Gasteiger partial charge in [0.15, 0.2) is 8.38 Å². The number of anilines is 1. The van der Waals surface area contributed by atoms with E-state index in [-0.39, 0.29) is 18.6 Å². The van der Waals surface area contributed by atoms with Gasteiger partial charge in [0, 0.05) is 31.2 Å². The maximum atomic E-state index is 11.9. The van der Waals surface area contributed by atoms with Gasteiger partial charge >= 0.3 is 6.03 Å². The molecule has 0 saturated carbocycles. The second-order valence-electron chi connectivity index (χ2n) is 6.99. The average molecular weight is 440 g/mol. The number of unbranched alkanes of at least 4 members (excludes halogenated alkanes) is 2. The van der Waals surface area contributed by atoms with E-state index in [2.05, 4.69) is 16.6 Å². The Bertz CT molecular complexity index is 695. The SMILES string of the molecule is C#CCCCCNC(=O)Nc1ccc(OC2OC(CCP(O)O)CC(O)C2O)cc1. The molecule has 0 spiro atoms. The van der Waals surface area contributed by atoms with Crippen molar-refractivity contribution in [3.63, 3.8) is 0 Å². The van der Waals surface area contributed by atoms with Gasteiger partial charge in [-0.2, -0.15) is 0 Å². The largest absolute Gasteiger partial charge is 0.462 e. The first-order chi connectivity index (χ1) is 14.4. The third-order valence-electron chi connectivity index (χ3n) is 4.55. The zero-order valence-corrected chi connectivity index (χ0v) is 17.5. The van der Waals surface area contributed by atoms with Crippen LogP contribution in [0.3, 0.4) is 0 Å². The van der Waals surface area contributed by atoms with Crippen molar-refractivity contribution in [2.24, 2.45) is 0 Å². The van der Waals surface area contributed by atoms with Gasteiger partial charge in [-0.15, -0.1) is 12.3 Å². The first kappa shape index (κ1) is 24.4. The number of urea groups is 1. The summed E-state index contributed by atoms with van der Waals surface area (Å²) in [5.41, 5.74) is 0.561. The van der Waals surface area contributed by atoms with Gasteiger partial charge in [0.25, 0.3) is 0 Å². The Balaban J connectivity index is 1.82. The molecule has 2 amide bonds. The molecule has 1 fully saturated rings. The van der Waals surface area contributed by atoms with Crippen LogP contribution >= 0.6 is 8.38 Å². The van der Waals surface area contributed by atoms with E-state index >= 15 is 0 Å². The fraction of sp³-hybridized carbons (Fsp3) is 0.550. The van der Waals surface area contributed by atoms with Crippen LogP contribution in [-0.4, -0.2) is 63.3 Å². The van der Waals surface area contributed by atoms with E-state index in [1.807, 2.05) is 0 Å². The maximum Gasteiger partial charge on any atom is 0.319 e.